The van der Waals surface area contributed by atoms with Gasteiger partial charge < -0.3 is 19.3 Å². The summed E-state index contributed by atoms with van der Waals surface area (Å²) in [5.74, 6) is 1.46. The largest absolute Gasteiger partial charge is 0.497 e. The zero-order valence-electron chi connectivity index (χ0n) is 34.2. The van der Waals surface area contributed by atoms with E-state index < -0.39 is 33.1 Å². The summed E-state index contributed by atoms with van der Waals surface area (Å²) in [6.45, 7) is -0.593. The Morgan fingerprint density at radius 1 is 0.841 bits per heavy atom. The van der Waals surface area contributed by atoms with Crippen molar-refractivity contribution in [3.05, 3.63) is 144 Å². The quantitative estimate of drug-likeness (QED) is 0.104. The Morgan fingerprint density at radius 2 is 1.48 bits per heavy atom. The van der Waals surface area contributed by atoms with E-state index in [2.05, 4.69) is 20.3 Å². The van der Waals surface area contributed by atoms with Crippen LogP contribution in [-0.4, -0.2) is 94.6 Å². The highest BCUT2D eigenvalue weighted by atomic mass is 32.3. The number of thioether (sulfide) groups is 1. The minimum atomic E-state index is -5.19. The van der Waals surface area contributed by atoms with Gasteiger partial charge in [0, 0.05) is 35.3 Å². The molecule has 3 N–H and O–H groups in total. The number of fused-ring (bicyclic) bond motifs is 1. The summed E-state index contributed by atoms with van der Waals surface area (Å²) in [6.07, 6.45) is 3.04. The van der Waals surface area contributed by atoms with Gasteiger partial charge in [0.1, 0.15) is 22.9 Å². The first-order chi connectivity index (χ1) is 30.4. The van der Waals surface area contributed by atoms with Gasteiger partial charge in [-0.25, -0.2) is 15.3 Å². The number of carboxylic acid groups (broad SMARTS) is 1. The molecule has 1 saturated heterocycles. The number of ether oxygens (including phenoxy) is 3. The molecule has 4 aromatic carbocycles. The van der Waals surface area contributed by atoms with Gasteiger partial charge >= 0.3 is 16.3 Å². The molecular formula is C42H43N9O9S3. The van der Waals surface area contributed by atoms with Gasteiger partial charge in [-0.05, 0) is 83.8 Å². The minimum Gasteiger partial charge on any atom is -0.497 e. The summed E-state index contributed by atoms with van der Waals surface area (Å²) in [5, 5.41) is 15.2. The molecule has 328 valence electrons. The van der Waals surface area contributed by atoms with Crippen LogP contribution in [0.2, 0.25) is 0 Å². The fourth-order valence-electron chi connectivity index (χ4n) is 6.95. The number of likely N-dealkylation sites (tertiary alicyclic amines) is 1. The van der Waals surface area contributed by atoms with E-state index in [1.165, 1.54) is 43.1 Å². The standard InChI is InChI=1S/C42H43N9O9S3/c1-58-32-13-7-29(8-14-32)25-44-62(54,55)50(28-31-11-17-34(60-3)18-12-31)63(56,57)51-41(45-46-49(51)27-30-9-15-33(59-2)16-10-30)37-24-35(61-40-21-23-48(40)42(52)53)19-20-36(37)38-26-43-39-6-4-5-22-47(38)39/h4-20,22,24,26,40,44,46H,21,23,25,27-28H2,1-3H3,(H,52,53). The van der Waals surface area contributed by atoms with Gasteiger partial charge in [-0.2, -0.15) is 21.6 Å². The van der Waals surface area contributed by atoms with Crippen LogP contribution in [0.1, 0.15) is 28.7 Å². The Morgan fingerprint density at radius 3 is 2.08 bits per heavy atom. The molecule has 0 radical (unpaired) electrons. The Labute approximate surface area is 368 Å². The summed E-state index contributed by atoms with van der Waals surface area (Å²) in [4.78, 5) is 18.5. The topological polar surface area (TPSA) is 200 Å². The number of hydrogen-bond acceptors (Lipinski definition) is 13. The maximum atomic E-state index is 15.6. The highest BCUT2D eigenvalue weighted by Crippen LogP contribution is 2.38. The van der Waals surface area contributed by atoms with Gasteiger partial charge in [0.2, 0.25) is 0 Å². The van der Waals surface area contributed by atoms with E-state index in [1.54, 1.807) is 91.1 Å². The second-order valence-electron chi connectivity index (χ2n) is 14.3. The lowest BCUT2D eigenvalue weighted by Gasteiger charge is -2.38. The third-order valence-electron chi connectivity index (χ3n) is 10.4. The number of amides is 1. The molecule has 1 unspecified atom stereocenters. The molecule has 0 saturated carbocycles. The predicted molar refractivity (Wildman–Crippen MR) is 236 cm³/mol. The van der Waals surface area contributed by atoms with E-state index in [0.29, 0.717) is 72.4 Å². The number of amidine groups is 1. The summed E-state index contributed by atoms with van der Waals surface area (Å²) in [6, 6.07) is 30.8. The van der Waals surface area contributed by atoms with E-state index in [9.17, 15) is 18.3 Å². The van der Waals surface area contributed by atoms with Crippen molar-refractivity contribution >= 4 is 49.8 Å². The van der Waals surface area contributed by atoms with E-state index in [4.69, 9.17) is 14.2 Å². The van der Waals surface area contributed by atoms with Gasteiger partial charge in [0.25, 0.3) is 10.2 Å². The zero-order valence-corrected chi connectivity index (χ0v) is 36.7. The summed E-state index contributed by atoms with van der Waals surface area (Å²) >= 11 is 1.31. The third kappa shape index (κ3) is 9.10. The number of nitrogens with zero attached hydrogens (tertiary/aromatic N) is 7. The van der Waals surface area contributed by atoms with E-state index in [1.807, 2.05) is 34.9 Å². The van der Waals surface area contributed by atoms with Crippen LogP contribution in [0.3, 0.4) is 0 Å². The molecule has 18 nitrogen and oxygen atoms in total. The first kappa shape index (κ1) is 43.3. The number of rotatable bonds is 17. The Kier molecular flexibility index (Phi) is 12.5. The van der Waals surface area contributed by atoms with Crippen LogP contribution in [0.15, 0.2) is 132 Å². The van der Waals surface area contributed by atoms with Crippen LogP contribution < -0.4 is 24.5 Å². The predicted octanol–water partition coefficient (Wildman–Crippen LogP) is 5.51. The number of methoxy groups -OCH3 is 3. The van der Waals surface area contributed by atoms with Crippen molar-refractivity contribution in [3.63, 3.8) is 0 Å². The molecular weight excluding hydrogens is 871 g/mol. The molecule has 2 aliphatic rings. The molecule has 1 fully saturated rings. The van der Waals surface area contributed by atoms with Crippen LogP contribution in [0.5, 0.6) is 17.2 Å². The SMILES string of the molecule is COc1ccc(CNS(=O)(=O)N(Cc2ccc(OC)cc2)S(=O)(=O)N2C(c3cc(SC4CCN4C(=O)O)ccc3-c3cnc4ccccn34)=NNN2Cc2ccc(OC)cc2)cc1. The van der Waals surface area contributed by atoms with Crippen molar-refractivity contribution in [2.45, 2.75) is 36.3 Å². The number of hydrazine groups is 2. The third-order valence-corrected chi connectivity index (χ3v) is 15.5. The highest BCUT2D eigenvalue weighted by molar-refractivity contribution is 8.02. The number of hydrazone groups is 1. The Bertz CT molecular complexity index is 2860. The minimum absolute atomic E-state index is 0.110. The van der Waals surface area contributed by atoms with Crippen molar-refractivity contribution in [2.75, 3.05) is 27.9 Å². The average Bonchev–Trinajstić information content (AvgIpc) is 3.92. The summed E-state index contributed by atoms with van der Waals surface area (Å²) in [5.41, 5.74) is 6.39. The lowest BCUT2D eigenvalue weighted by Crippen LogP contribution is -2.56. The number of pyridine rings is 1. The lowest BCUT2D eigenvalue weighted by molar-refractivity contribution is 0.0707. The number of nitrogens with one attached hydrogen (secondary N) is 2. The lowest BCUT2D eigenvalue weighted by atomic mass is 10.0. The number of aromatic nitrogens is 2. The van der Waals surface area contributed by atoms with Crippen LogP contribution in [0.4, 0.5) is 4.79 Å². The molecule has 2 aliphatic heterocycles. The Balaban J connectivity index is 1.26. The maximum Gasteiger partial charge on any atom is 0.408 e. The molecule has 4 heterocycles. The molecule has 6 aromatic rings. The second kappa shape index (κ2) is 18.2. The van der Waals surface area contributed by atoms with Crippen molar-refractivity contribution < 1.29 is 40.9 Å². The van der Waals surface area contributed by atoms with Crippen molar-refractivity contribution in [3.8, 4) is 28.5 Å². The molecule has 0 aliphatic carbocycles. The fraction of sp³-hybridized carbons (Fsp3) is 0.214. The van der Waals surface area contributed by atoms with Crippen LogP contribution >= 0.6 is 11.8 Å². The normalized spacial score (nSPS) is 15.6. The highest BCUT2D eigenvalue weighted by Gasteiger charge is 2.47. The van der Waals surface area contributed by atoms with Gasteiger partial charge in [0.15, 0.2) is 5.84 Å². The first-order valence-electron chi connectivity index (χ1n) is 19.4. The summed E-state index contributed by atoms with van der Waals surface area (Å²) in [7, 11) is -5.54. The van der Waals surface area contributed by atoms with Crippen molar-refractivity contribution in [2.24, 2.45) is 5.10 Å². The number of hydrogen-bond donors (Lipinski definition) is 3. The maximum absolute atomic E-state index is 15.6. The van der Waals surface area contributed by atoms with Gasteiger partial charge in [0.05, 0.1) is 51.7 Å². The monoisotopic (exact) mass is 913 g/mol. The molecule has 0 bridgehead atoms. The Hall–Kier alpha value is -6.36. The fourth-order valence-corrected chi connectivity index (χ4v) is 11.5. The summed E-state index contributed by atoms with van der Waals surface area (Å²) < 4.78 is 82.1. The average molecular weight is 914 g/mol. The zero-order chi connectivity index (χ0) is 44.3. The van der Waals surface area contributed by atoms with Gasteiger partial charge in [-0.15, -0.1) is 21.3 Å². The number of carbonyl (C=O) groups is 1. The molecule has 1 atom stereocenters. The number of benzene rings is 4. The van der Waals surface area contributed by atoms with Crippen molar-refractivity contribution in [1.29, 1.82) is 0 Å². The molecule has 63 heavy (non-hydrogen) atoms. The second-order valence-corrected chi connectivity index (χ2v) is 19.1. The molecule has 8 rings (SSSR count). The van der Waals surface area contributed by atoms with E-state index in [0.717, 1.165) is 4.41 Å². The smallest absolute Gasteiger partial charge is 0.408 e. The van der Waals surface area contributed by atoms with Crippen LogP contribution in [0.25, 0.3) is 16.9 Å². The number of imidazole rings is 1. The molecule has 0 spiro atoms. The first-order valence-corrected chi connectivity index (χ1v) is 23.2. The molecule has 2 aromatic heterocycles. The van der Waals surface area contributed by atoms with Crippen LogP contribution in [-0.2, 0) is 40.1 Å². The van der Waals surface area contributed by atoms with Crippen LogP contribution in [0, 0.1) is 0 Å². The van der Waals surface area contributed by atoms with Gasteiger partial charge in [-0.3, -0.25) is 9.30 Å². The van der Waals surface area contributed by atoms with E-state index in [-0.39, 0.29) is 29.9 Å². The van der Waals surface area contributed by atoms with Crippen molar-refractivity contribution in [1.82, 2.24) is 37.8 Å². The molecule has 21 heteroatoms. The van der Waals surface area contributed by atoms with E-state index >= 15 is 8.42 Å². The molecule has 1 amide bonds. The van der Waals surface area contributed by atoms with Gasteiger partial charge in [-0.1, -0.05) is 57.4 Å².